The zero-order valence-corrected chi connectivity index (χ0v) is 12.0. The van der Waals surface area contributed by atoms with Crippen molar-refractivity contribution in [1.29, 1.82) is 5.26 Å². The van der Waals surface area contributed by atoms with Crippen LogP contribution in [-0.4, -0.2) is 5.11 Å². The Hall–Kier alpha value is -1.33. The molecule has 2 saturated carbocycles. The van der Waals surface area contributed by atoms with Gasteiger partial charge in [-0.1, -0.05) is 49.9 Å². The van der Waals surface area contributed by atoms with E-state index < -0.39 is 11.5 Å². The molecule has 2 heteroatoms. The van der Waals surface area contributed by atoms with Crippen molar-refractivity contribution < 1.29 is 5.11 Å². The van der Waals surface area contributed by atoms with Crippen LogP contribution in [0.3, 0.4) is 0 Å². The van der Waals surface area contributed by atoms with Crippen molar-refractivity contribution in [3.63, 3.8) is 0 Å². The van der Waals surface area contributed by atoms with Crippen molar-refractivity contribution in [1.82, 2.24) is 0 Å². The molecule has 0 heterocycles. The molecule has 0 bridgehead atoms. The minimum Gasteiger partial charge on any atom is -0.387 e. The van der Waals surface area contributed by atoms with Gasteiger partial charge in [-0.25, -0.2) is 0 Å². The first kappa shape index (κ1) is 13.6. The summed E-state index contributed by atoms with van der Waals surface area (Å²) >= 11 is 0. The maximum atomic E-state index is 11.0. The fourth-order valence-electron chi connectivity index (χ4n) is 3.63. The van der Waals surface area contributed by atoms with Crippen LogP contribution in [0.15, 0.2) is 24.3 Å². The van der Waals surface area contributed by atoms with Crippen LogP contribution < -0.4 is 0 Å². The predicted octanol–water partition coefficient (Wildman–Crippen LogP) is 4.46. The molecule has 3 rings (SSSR count). The standard InChI is InChI=1S/C18H23NO/c19-13-18(11-5-1-2-6-12-18)17(20)16-8-4-3-7-15(16)14-9-10-14/h3-4,7-8,14,17,20H,1-2,5-6,9-12H2. The van der Waals surface area contributed by atoms with E-state index in [0.29, 0.717) is 5.92 Å². The summed E-state index contributed by atoms with van der Waals surface area (Å²) in [6.07, 6.45) is 8.02. The largest absolute Gasteiger partial charge is 0.387 e. The average molecular weight is 269 g/mol. The first-order valence-corrected chi connectivity index (χ1v) is 7.95. The minimum absolute atomic E-state index is 0.568. The second kappa shape index (κ2) is 5.58. The van der Waals surface area contributed by atoms with Crippen LogP contribution in [0, 0.1) is 16.7 Å². The molecule has 20 heavy (non-hydrogen) atoms. The summed E-state index contributed by atoms with van der Waals surface area (Å²) in [6.45, 7) is 0. The van der Waals surface area contributed by atoms with E-state index in [-0.39, 0.29) is 0 Å². The van der Waals surface area contributed by atoms with Gasteiger partial charge in [-0.3, -0.25) is 0 Å². The fourth-order valence-corrected chi connectivity index (χ4v) is 3.63. The molecule has 1 aromatic rings. The van der Waals surface area contributed by atoms with E-state index in [9.17, 15) is 10.4 Å². The van der Waals surface area contributed by atoms with E-state index in [2.05, 4.69) is 18.2 Å². The first-order valence-electron chi connectivity index (χ1n) is 7.95. The van der Waals surface area contributed by atoms with Crippen LogP contribution in [-0.2, 0) is 0 Å². The van der Waals surface area contributed by atoms with Crippen LogP contribution in [0.1, 0.15) is 74.5 Å². The molecule has 2 fully saturated rings. The Morgan fingerprint density at radius 2 is 1.75 bits per heavy atom. The second-order valence-corrected chi connectivity index (χ2v) is 6.49. The van der Waals surface area contributed by atoms with E-state index in [1.807, 2.05) is 12.1 Å². The van der Waals surface area contributed by atoms with Gasteiger partial charge in [-0.15, -0.1) is 0 Å². The highest BCUT2D eigenvalue weighted by atomic mass is 16.3. The summed E-state index contributed by atoms with van der Waals surface area (Å²) in [5.41, 5.74) is 1.72. The number of nitriles is 1. The lowest BCUT2D eigenvalue weighted by atomic mass is 9.73. The van der Waals surface area contributed by atoms with Crippen molar-refractivity contribution in [3.8, 4) is 6.07 Å². The minimum atomic E-state index is -0.623. The second-order valence-electron chi connectivity index (χ2n) is 6.49. The Morgan fingerprint density at radius 1 is 1.10 bits per heavy atom. The van der Waals surface area contributed by atoms with Gasteiger partial charge in [0.25, 0.3) is 0 Å². The normalized spacial score (nSPS) is 23.6. The third-order valence-corrected chi connectivity index (χ3v) is 5.05. The molecule has 0 amide bonds. The van der Waals surface area contributed by atoms with Crippen LogP contribution >= 0.6 is 0 Å². The number of benzene rings is 1. The molecule has 1 aromatic carbocycles. The van der Waals surface area contributed by atoms with Gasteiger partial charge in [0.2, 0.25) is 0 Å². The Labute approximate surface area is 121 Å². The maximum absolute atomic E-state index is 11.0. The number of hydrogen-bond donors (Lipinski definition) is 1. The van der Waals surface area contributed by atoms with Crippen molar-refractivity contribution in [3.05, 3.63) is 35.4 Å². The Bertz CT molecular complexity index is 504. The average Bonchev–Trinajstić information content (AvgIpc) is 3.33. The summed E-state index contributed by atoms with van der Waals surface area (Å²) < 4.78 is 0. The van der Waals surface area contributed by atoms with Gasteiger partial charge in [0.1, 0.15) is 0 Å². The molecule has 0 saturated heterocycles. The van der Waals surface area contributed by atoms with E-state index in [1.54, 1.807) is 0 Å². The molecule has 1 N–H and O–H groups in total. The van der Waals surface area contributed by atoms with Gasteiger partial charge in [-0.05, 0) is 42.7 Å². The van der Waals surface area contributed by atoms with Crippen LogP contribution in [0.2, 0.25) is 0 Å². The zero-order valence-electron chi connectivity index (χ0n) is 12.0. The van der Waals surface area contributed by atoms with Gasteiger partial charge in [0.15, 0.2) is 0 Å². The number of aliphatic hydroxyl groups excluding tert-OH is 1. The van der Waals surface area contributed by atoms with Gasteiger partial charge in [-0.2, -0.15) is 5.26 Å². The van der Waals surface area contributed by atoms with E-state index >= 15 is 0 Å². The lowest BCUT2D eigenvalue weighted by Gasteiger charge is -2.32. The zero-order chi connectivity index (χ0) is 14.0. The molecule has 2 aliphatic carbocycles. The monoisotopic (exact) mass is 269 g/mol. The number of hydrogen-bond acceptors (Lipinski definition) is 2. The highest BCUT2D eigenvalue weighted by Crippen LogP contribution is 2.49. The van der Waals surface area contributed by atoms with Gasteiger partial charge < -0.3 is 5.11 Å². The Kier molecular flexibility index (Phi) is 3.81. The van der Waals surface area contributed by atoms with E-state index in [1.165, 1.54) is 31.2 Å². The fraction of sp³-hybridized carbons (Fsp3) is 0.611. The molecule has 1 atom stereocenters. The SMILES string of the molecule is N#CC1(C(O)c2ccccc2C2CC2)CCCCCC1. The smallest absolute Gasteiger partial charge is 0.0979 e. The third-order valence-electron chi connectivity index (χ3n) is 5.05. The first-order chi connectivity index (χ1) is 9.77. The highest BCUT2D eigenvalue weighted by Gasteiger charge is 2.41. The summed E-state index contributed by atoms with van der Waals surface area (Å²) in [5, 5.41) is 20.7. The van der Waals surface area contributed by atoms with Gasteiger partial charge >= 0.3 is 0 Å². The molecule has 0 aromatic heterocycles. The van der Waals surface area contributed by atoms with Crippen molar-refractivity contribution in [2.45, 2.75) is 63.4 Å². The highest BCUT2D eigenvalue weighted by molar-refractivity contribution is 5.36. The van der Waals surface area contributed by atoms with E-state index in [0.717, 1.165) is 31.2 Å². The Morgan fingerprint density at radius 3 is 2.35 bits per heavy atom. The molecule has 2 nitrogen and oxygen atoms in total. The summed E-state index contributed by atoms with van der Waals surface area (Å²) in [5.74, 6) is 0.613. The molecular formula is C18H23NO. The molecule has 2 aliphatic rings. The van der Waals surface area contributed by atoms with Crippen LogP contribution in [0.4, 0.5) is 0 Å². The molecule has 106 valence electrons. The number of nitrogens with zero attached hydrogens (tertiary/aromatic N) is 1. The van der Waals surface area contributed by atoms with Crippen molar-refractivity contribution in [2.75, 3.05) is 0 Å². The number of rotatable bonds is 3. The molecular weight excluding hydrogens is 246 g/mol. The predicted molar refractivity (Wildman–Crippen MR) is 79.1 cm³/mol. The lowest BCUT2D eigenvalue weighted by Crippen LogP contribution is -2.27. The van der Waals surface area contributed by atoms with Crippen molar-refractivity contribution in [2.24, 2.45) is 5.41 Å². The van der Waals surface area contributed by atoms with Crippen molar-refractivity contribution >= 4 is 0 Å². The quantitative estimate of drug-likeness (QED) is 0.823. The Balaban J connectivity index is 1.94. The topological polar surface area (TPSA) is 44.0 Å². The molecule has 1 unspecified atom stereocenters. The summed E-state index contributed by atoms with van der Waals surface area (Å²) in [6, 6.07) is 10.7. The summed E-state index contributed by atoms with van der Waals surface area (Å²) in [7, 11) is 0. The van der Waals surface area contributed by atoms with E-state index in [4.69, 9.17) is 0 Å². The lowest BCUT2D eigenvalue weighted by molar-refractivity contribution is 0.0509. The van der Waals surface area contributed by atoms with Crippen LogP contribution in [0.25, 0.3) is 0 Å². The maximum Gasteiger partial charge on any atom is 0.0979 e. The third kappa shape index (κ3) is 2.47. The van der Waals surface area contributed by atoms with Gasteiger partial charge in [0.05, 0.1) is 17.6 Å². The molecule has 0 spiro atoms. The summed E-state index contributed by atoms with van der Waals surface area (Å²) in [4.78, 5) is 0. The number of aliphatic hydroxyl groups is 1. The molecule has 0 radical (unpaired) electrons. The molecule has 0 aliphatic heterocycles. The van der Waals surface area contributed by atoms with Gasteiger partial charge in [0, 0.05) is 0 Å². The van der Waals surface area contributed by atoms with Crippen LogP contribution in [0.5, 0.6) is 0 Å².